The standard InChI is InChI=1S/C15H14O.H2O4S/c1-3-8-14(9-4-1)10-7-13-16-15-11-5-2-6-12-15;1-5(2,3)4/h1-12H,13H2;(H2,1,2,3,4). The topological polar surface area (TPSA) is 83.8 Å². The normalized spacial score (nSPS) is 10.8. The first-order valence-electron chi connectivity index (χ1n) is 6.04. The molecule has 112 valence electrons. The van der Waals surface area contributed by atoms with E-state index in [4.69, 9.17) is 22.3 Å². The molecule has 5 nitrogen and oxygen atoms in total. The van der Waals surface area contributed by atoms with Crippen molar-refractivity contribution in [1.29, 1.82) is 0 Å². The average Bonchev–Trinajstić information content (AvgIpc) is 2.44. The molecule has 0 aliphatic heterocycles. The molecule has 0 fully saturated rings. The minimum Gasteiger partial charge on any atom is -0.490 e. The van der Waals surface area contributed by atoms with Gasteiger partial charge in [-0.1, -0.05) is 54.6 Å². The molecular formula is C15H16O5S. The molecule has 6 heteroatoms. The molecule has 0 spiro atoms. The van der Waals surface area contributed by atoms with Crippen molar-refractivity contribution in [1.82, 2.24) is 0 Å². The van der Waals surface area contributed by atoms with E-state index in [9.17, 15) is 0 Å². The second-order valence-electron chi connectivity index (χ2n) is 3.88. The summed E-state index contributed by atoms with van der Waals surface area (Å²) in [5.41, 5.74) is 1.19. The van der Waals surface area contributed by atoms with E-state index in [1.807, 2.05) is 54.6 Å². The summed E-state index contributed by atoms with van der Waals surface area (Å²) in [6, 6.07) is 20.0. The third-order valence-electron chi connectivity index (χ3n) is 2.20. The summed E-state index contributed by atoms with van der Waals surface area (Å²) in [7, 11) is -4.67. The minimum atomic E-state index is -4.67. The summed E-state index contributed by atoms with van der Waals surface area (Å²) in [6.45, 7) is 0.596. The van der Waals surface area contributed by atoms with Crippen molar-refractivity contribution in [2.45, 2.75) is 0 Å². The molecular weight excluding hydrogens is 292 g/mol. The molecule has 2 aromatic rings. The van der Waals surface area contributed by atoms with E-state index in [1.165, 1.54) is 5.56 Å². The fourth-order valence-corrected chi connectivity index (χ4v) is 1.41. The van der Waals surface area contributed by atoms with Gasteiger partial charge in [-0.15, -0.1) is 0 Å². The average molecular weight is 308 g/mol. The Labute approximate surface area is 124 Å². The molecule has 0 radical (unpaired) electrons. The number of hydrogen-bond acceptors (Lipinski definition) is 3. The second kappa shape index (κ2) is 8.91. The van der Waals surface area contributed by atoms with Crippen molar-refractivity contribution in [3.8, 4) is 5.75 Å². The van der Waals surface area contributed by atoms with Gasteiger partial charge in [0, 0.05) is 0 Å². The molecule has 2 rings (SSSR count). The monoisotopic (exact) mass is 308 g/mol. The second-order valence-corrected chi connectivity index (χ2v) is 4.78. The van der Waals surface area contributed by atoms with Crippen LogP contribution in [0.4, 0.5) is 0 Å². The molecule has 0 amide bonds. The molecule has 0 saturated heterocycles. The van der Waals surface area contributed by atoms with Crippen molar-refractivity contribution >= 4 is 16.5 Å². The number of hydrogen-bond donors (Lipinski definition) is 2. The van der Waals surface area contributed by atoms with Gasteiger partial charge < -0.3 is 4.74 Å². The summed E-state index contributed by atoms with van der Waals surface area (Å²) in [6.07, 6.45) is 4.07. The highest BCUT2D eigenvalue weighted by Gasteiger charge is 1.87. The predicted octanol–water partition coefficient (Wildman–Crippen LogP) is 3.13. The first-order valence-corrected chi connectivity index (χ1v) is 7.44. The van der Waals surface area contributed by atoms with E-state index in [0.717, 1.165) is 5.75 Å². The molecule has 0 atom stereocenters. The van der Waals surface area contributed by atoms with Crippen LogP contribution in [-0.4, -0.2) is 24.1 Å². The molecule has 0 unspecified atom stereocenters. The molecule has 0 aliphatic rings. The fourth-order valence-electron chi connectivity index (χ4n) is 1.41. The van der Waals surface area contributed by atoms with E-state index in [0.29, 0.717) is 6.61 Å². The highest BCUT2D eigenvalue weighted by Crippen LogP contribution is 2.08. The predicted molar refractivity (Wildman–Crippen MR) is 81.6 cm³/mol. The maximum absolute atomic E-state index is 8.74. The zero-order valence-electron chi connectivity index (χ0n) is 11.2. The summed E-state index contributed by atoms with van der Waals surface area (Å²) < 4.78 is 37.1. The SMILES string of the molecule is C(=Cc1ccccc1)COc1ccccc1.O=S(=O)(O)O. The van der Waals surface area contributed by atoms with Crippen LogP contribution >= 0.6 is 0 Å². The van der Waals surface area contributed by atoms with E-state index in [1.54, 1.807) is 0 Å². The highest BCUT2D eigenvalue weighted by atomic mass is 32.3. The summed E-state index contributed by atoms with van der Waals surface area (Å²) in [5, 5.41) is 0. The molecule has 0 aliphatic carbocycles. The lowest BCUT2D eigenvalue weighted by Crippen LogP contribution is -1.92. The maximum Gasteiger partial charge on any atom is 0.394 e. The van der Waals surface area contributed by atoms with Crippen LogP contribution in [0, 0.1) is 0 Å². The van der Waals surface area contributed by atoms with Crippen molar-refractivity contribution < 1.29 is 22.3 Å². The lowest BCUT2D eigenvalue weighted by Gasteiger charge is -2.01. The van der Waals surface area contributed by atoms with Crippen LogP contribution in [0.15, 0.2) is 66.7 Å². The Kier molecular flexibility index (Phi) is 7.17. The van der Waals surface area contributed by atoms with Crippen LogP contribution in [0.3, 0.4) is 0 Å². The largest absolute Gasteiger partial charge is 0.490 e. The van der Waals surface area contributed by atoms with Crippen molar-refractivity contribution in [2.75, 3.05) is 6.61 Å². The smallest absolute Gasteiger partial charge is 0.394 e. The zero-order valence-corrected chi connectivity index (χ0v) is 12.0. The molecule has 2 aromatic carbocycles. The van der Waals surface area contributed by atoms with Crippen LogP contribution in [0.1, 0.15) is 5.56 Å². The number of para-hydroxylation sites is 1. The minimum absolute atomic E-state index is 0.596. The van der Waals surface area contributed by atoms with Gasteiger partial charge in [-0.05, 0) is 23.8 Å². The first-order chi connectivity index (χ1) is 9.95. The van der Waals surface area contributed by atoms with Crippen LogP contribution in [0.5, 0.6) is 5.75 Å². The molecule has 0 heterocycles. The molecule has 0 aromatic heterocycles. The number of rotatable bonds is 4. The lowest BCUT2D eigenvalue weighted by molar-refractivity contribution is 0.363. The van der Waals surface area contributed by atoms with Crippen LogP contribution in [0.25, 0.3) is 6.08 Å². The van der Waals surface area contributed by atoms with Crippen molar-refractivity contribution in [3.63, 3.8) is 0 Å². The van der Waals surface area contributed by atoms with Gasteiger partial charge in [-0.25, -0.2) is 0 Å². The van der Waals surface area contributed by atoms with Gasteiger partial charge in [0.15, 0.2) is 0 Å². The van der Waals surface area contributed by atoms with Crippen molar-refractivity contribution in [2.24, 2.45) is 0 Å². The Morgan fingerprint density at radius 1 is 0.905 bits per heavy atom. The van der Waals surface area contributed by atoms with Gasteiger partial charge in [-0.2, -0.15) is 8.42 Å². The Balaban J connectivity index is 0.000000383. The van der Waals surface area contributed by atoms with Crippen LogP contribution < -0.4 is 4.74 Å². The summed E-state index contributed by atoms with van der Waals surface area (Å²) in [5.74, 6) is 0.903. The van der Waals surface area contributed by atoms with Crippen LogP contribution in [-0.2, 0) is 10.4 Å². The highest BCUT2D eigenvalue weighted by molar-refractivity contribution is 7.79. The molecule has 0 bridgehead atoms. The van der Waals surface area contributed by atoms with E-state index in [-0.39, 0.29) is 0 Å². The maximum atomic E-state index is 8.74. The zero-order chi connectivity index (χ0) is 15.6. The van der Waals surface area contributed by atoms with Gasteiger partial charge in [-0.3, -0.25) is 9.11 Å². The molecule has 21 heavy (non-hydrogen) atoms. The van der Waals surface area contributed by atoms with E-state index in [2.05, 4.69) is 18.2 Å². The van der Waals surface area contributed by atoms with E-state index >= 15 is 0 Å². The Bertz CT molecular complexity index is 628. The quantitative estimate of drug-likeness (QED) is 0.848. The third kappa shape index (κ3) is 10.3. The van der Waals surface area contributed by atoms with Crippen molar-refractivity contribution in [3.05, 3.63) is 72.3 Å². The van der Waals surface area contributed by atoms with E-state index < -0.39 is 10.4 Å². The summed E-state index contributed by atoms with van der Waals surface area (Å²) >= 11 is 0. The number of ether oxygens (including phenoxy) is 1. The molecule has 0 saturated carbocycles. The van der Waals surface area contributed by atoms with Gasteiger partial charge in [0.05, 0.1) is 0 Å². The Morgan fingerprint density at radius 2 is 1.38 bits per heavy atom. The van der Waals surface area contributed by atoms with Gasteiger partial charge >= 0.3 is 10.4 Å². The fraction of sp³-hybridized carbons (Fsp3) is 0.0667. The molecule has 2 N–H and O–H groups in total. The Morgan fingerprint density at radius 3 is 1.90 bits per heavy atom. The lowest BCUT2D eigenvalue weighted by atomic mass is 10.2. The van der Waals surface area contributed by atoms with Gasteiger partial charge in [0.1, 0.15) is 12.4 Å². The van der Waals surface area contributed by atoms with Gasteiger partial charge in [0.25, 0.3) is 0 Å². The van der Waals surface area contributed by atoms with Crippen LogP contribution in [0.2, 0.25) is 0 Å². The summed E-state index contributed by atoms with van der Waals surface area (Å²) in [4.78, 5) is 0. The Hall–Kier alpha value is -2.15. The third-order valence-corrected chi connectivity index (χ3v) is 2.20. The van der Waals surface area contributed by atoms with Gasteiger partial charge in [0.2, 0.25) is 0 Å². The number of benzene rings is 2. The first kappa shape index (κ1) is 16.9.